The fraction of sp³-hybridized carbons (Fsp3) is 0.852. The van der Waals surface area contributed by atoms with Crippen molar-refractivity contribution >= 4 is 12.8 Å². The first-order chi connectivity index (χ1) is 16.5. The third kappa shape index (κ3) is 5.60. The molecule has 0 aromatic rings. The predicted molar refractivity (Wildman–Crippen MR) is 131 cm³/mol. The molecule has 10 atom stereocenters. The van der Waals surface area contributed by atoms with Crippen molar-refractivity contribution in [2.24, 2.45) is 28.6 Å². The maximum atomic E-state index is 12.6. The molecule has 0 amide bonds. The molecule has 3 aliphatic carbocycles. The molecule has 11 heteroatoms. The van der Waals surface area contributed by atoms with E-state index in [2.05, 4.69) is 0 Å². The van der Waals surface area contributed by atoms with E-state index in [1.54, 1.807) is 20.8 Å². The molecule has 4 aliphatic rings. The second-order valence-corrected chi connectivity index (χ2v) is 12.5. The smallest absolute Gasteiger partial charge is 0.335 e. The molecule has 0 spiro atoms. The van der Waals surface area contributed by atoms with Gasteiger partial charge in [-0.2, -0.15) is 0 Å². The average molecular weight is 967 g/mol. The molecular weight excluding hydrogens is 922 g/mol. The molecule has 5 N–H and O–H groups in total. The predicted octanol–water partition coefficient (Wildman–Crippen LogP) is 1.13. The number of aliphatic hydroxyl groups excluding tert-OH is 3. The van der Waals surface area contributed by atoms with Crippen LogP contribution in [0.1, 0.15) is 67.7 Å². The molecule has 4 rings (SSSR count). The van der Waals surface area contributed by atoms with Gasteiger partial charge in [-0.3, -0.25) is 0 Å². The van der Waals surface area contributed by atoms with Gasteiger partial charge < -0.3 is 39.8 Å². The van der Waals surface area contributed by atoms with Crippen LogP contribution in [-0.4, -0.2) is 86.6 Å². The van der Waals surface area contributed by atoms with E-state index in [0.717, 1.165) is 0 Å². The summed E-state index contributed by atoms with van der Waals surface area (Å²) in [4.78, 5) is 20.6. The van der Waals surface area contributed by atoms with Crippen LogP contribution in [0.2, 0.25) is 0 Å². The van der Waals surface area contributed by atoms with Crippen molar-refractivity contribution in [1.29, 1.82) is 0 Å². The van der Waals surface area contributed by atoms with Crippen LogP contribution in [-0.2, 0) is 19.1 Å². The van der Waals surface area contributed by atoms with Gasteiger partial charge in [-0.25, -0.2) is 4.79 Å². The van der Waals surface area contributed by atoms with Crippen molar-refractivity contribution in [2.75, 3.05) is 6.61 Å². The Labute approximate surface area is 297 Å². The summed E-state index contributed by atoms with van der Waals surface area (Å²) in [5, 5.41) is 57.1. The third-order valence-electron chi connectivity index (χ3n) is 10.0. The Morgan fingerprint density at radius 2 is 1.66 bits per heavy atom. The van der Waals surface area contributed by atoms with Gasteiger partial charge in [0.15, 0.2) is 6.10 Å². The van der Waals surface area contributed by atoms with Gasteiger partial charge in [-0.05, 0) is 36.3 Å². The molecule has 1 aliphatic heterocycles. The number of esters is 1. The van der Waals surface area contributed by atoms with Gasteiger partial charge >= 0.3 is 5.97 Å². The third-order valence-corrected chi connectivity index (χ3v) is 10.0. The monoisotopic (exact) mass is 966 g/mol. The minimum atomic E-state index is -1.48. The Bertz CT molecular complexity index is 911. The van der Waals surface area contributed by atoms with Crippen LogP contribution in [0, 0.1) is 117 Å². The van der Waals surface area contributed by atoms with Crippen LogP contribution >= 0.6 is 0 Å². The number of aliphatic hydroxyl groups is 5. The van der Waals surface area contributed by atoms with Crippen molar-refractivity contribution in [1.82, 2.24) is 0 Å². The first-order valence-corrected chi connectivity index (χ1v) is 12.8. The van der Waals surface area contributed by atoms with E-state index in [1.807, 2.05) is 34.5 Å². The molecule has 0 aromatic carbocycles. The summed E-state index contributed by atoms with van der Waals surface area (Å²) in [7, 11) is 0. The zero-order valence-electron chi connectivity index (χ0n) is 23.7. The summed E-state index contributed by atoms with van der Waals surface area (Å²) in [6.45, 7) is 14.9. The number of hydrogen-bond donors (Lipinski definition) is 5. The summed E-state index contributed by atoms with van der Waals surface area (Å²) in [5.74, 6) is -2.17. The summed E-state index contributed by atoms with van der Waals surface area (Å²) in [6, 6.07) is 0. The Morgan fingerprint density at radius 3 is 2.13 bits per heavy atom. The molecule has 1 heterocycles. The minimum absolute atomic E-state index is 0. The number of fused-ring (bicyclic) bond motifs is 5. The minimum Gasteiger partial charge on any atom is -0.456 e. The van der Waals surface area contributed by atoms with E-state index in [0.29, 0.717) is 11.1 Å². The zero-order valence-corrected chi connectivity index (χ0v) is 33.2. The van der Waals surface area contributed by atoms with E-state index < -0.39 is 70.4 Å². The zero-order chi connectivity index (χ0) is 27.6. The van der Waals surface area contributed by atoms with Crippen molar-refractivity contribution < 1.29 is 133 Å². The molecule has 1 saturated heterocycles. The van der Waals surface area contributed by atoms with Crippen molar-refractivity contribution in [3.05, 3.63) is 11.1 Å². The SMILES string of the molecule is C=O.CC1=C2C(O)CC3(C)C(O)CC4OCC4(O)C3C(C)C(O)(CC1OC(=O)C(O)C(C)C)C2(C)C.[Ac].[Ac]. The van der Waals surface area contributed by atoms with Crippen LogP contribution < -0.4 is 0 Å². The fourth-order valence-corrected chi connectivity index (χ4v) is 7.88. The Balaban J connectivity index is 0.00000176. The number of hydrogen-bond acceptors (Lipinski definition) is 9. The van der Waals surface area contributed by atoms with Crippen LogP contribution in [0.4, 0.5) is 0 Å². The molecule has 0 aromatic heterocycles. The largest absolute Gasteiger partial charge is 0.456 e. The van der Waals surface area contributed by atoms with E-state index in [9.17, 15) is 30.3 Å². The number of rotatable bonds is 3. The molecule has 2 saturated carbocycles. The molecule has 2 radical (unpaired) electrons. The van der Waals surface area contributed by atoms with Crippen molar-refractivity contribution in [2.45, 2.75) is 109 Å². The summed E-state index contributed by atoms with van der Waals surface area (Å²) in [6.07, 6.45) is -3.96. The average Bonchev–Trinajstić information content (AvgIpc) is 2.79. The molecule has 9 nitrogen and oxygen atoms in total. The van der Waals surface area contributed by atoms with Gasteiger partial charge in [0.05, 0.1) is 30.5 Å². The normalized spacial score (nSPS) is 43.7. The van der Waals surface area contributed by atoms with Gasteiger partial charge in [0, 0.05) is 118 Å². The molecule has 3 fully saturated rings. The second-order valence-electron chi connectivity index (χ2n) is 12.5. The molecule has 212 valence electrons. The summed E-state index contributed by atoms with van der Waals surface area (Å²) < 4.78 is 11.3. The van der Waals surface area contributed by atoms with E-state index in [1.165, 1.54) is 0 Å². The number of carbonyl (C=O) groups excluding carboxylic acids is 2. The van der Waals surface area contributed by atoms with Crippen LogP contribution in [0.5, 0.6) is 0 Å². The maximum absolute atomic E-state index is 12.6. The van der Waals surface area contributed by atoms with E-state index in [4.69, 9.17) is 14.3 Å². The quantitative estimate of drug-likeness (QED) is 0.207. The van der Waals surface area contributed by atoms with Gasteiger partial charge in [-0.1, -0.05) is 41.5 Å². The van der Waals surface area contributed by atoms with E-state index in [-0.39, 0.29) is 120 Å². The Hall–Kier alpha value is 1.52. The molecule has 10 unspecified atom stereocenters. The van der Waals surface area contributed by atoms with Crippen LogP contribution in [0.25, 0.3) is 0 Å². The fourth-order valence-electron chi connectivity index (χ4n) is 7.88. The van der Waals surface area contributed by atoms with Crippen molar-refractivity contribution in [3.63, 3.8) is 0 Å². The molecule has 38 heavy (non-hydrogen) atoms. The number of carbonyl (C=O) groups is 2. The van der Waals surface area contributed by atoms with Crippen LogP contribution in [0.3, 0.4) is 0 Å². The molecule has 2 bridgehead atoms. The van der Waals surface area contributed by atoms with Crippen LogP contribution in [0.15, 0.2) is 11.1 Å². The van der Waals surface area contributed by atoms with Gasteiger partial charge in [0.25, 0.3) is 0 Å². The topological polar surface area (TPSA) is 154 Å². The maximum Gasteiger partial charge on any atom is 0.335 e. The van der Waals surface area contributed by atoms with Gasteiger partial charge in [0.2, 0.25) is 0 Å². The van der Waals surface area contributed by atoms with Crippen molar-refractivity contribution in [3.8, 4) is 0 Å². The summed E-state index contributed by atoms with van der Waals surface area (Å²) >= 11 is 0. The Morgan fingerprint density at radius 1 is 1.11 bits per heavy atom. The molecular formula is C27H44Ac2O9. The second kappa shape index (κ2) is 13.0. The first-order valence-electron chi connectivity index (χ1n) is 12.8. The summed E-state index contributed by atoms with van der Waals surface area (Å²) in [5.41, 5.74) is -3.20. The van der Waals surface area contributed by atoms with E-state index >= 15 is 0 Å². The standard InChI is InChI=1S/C26H42O8.CH2O.2Ac/c1-12(2)20(29)22(30)34-16-10-26(32)14(4)21-24(7,17(28)8-18-25(21,31)11-33-18)9-15(27)19(13(16)3)23(26,5)6;1-2;;/h12,14-18,20-21,27-29,31-32H,8-11H2,1-7H3;1H2;;. The Kier molecular flexibility index (Phi) is 12.9. The first kappa shape index (κ1) is 37.5. The van der Waals surface area contributed by atoms with Gasteiger partial charge in [0.1, 0.15) is 18.5 Å². The number of ether oxygens (including phenoxy) is 2. The van der Waals surface area contributed by atoms with Gasteiger partial charge in [-0.15, -0.1) is 0 Å².